The number of nitrogens with zero attached hydrogens (tertiary/aromatic N) is 1. The fraction of sp³-hybridized carbons (Fsp3) is 0.208. The van der Waals surface area contributed by atoms with Gasteiger partial charge in [-0.3, -0.25) is 14.5 Å². The summed E-state index contributed by atoms with van der Waals surface area (Å²) >= 11 is 6.60. The van der Waals surface area contributed by atoms with E-state index in [2.05, 4.69) is 16.4 Å². The van der Waals surface area contributed by atoms with Crippen molar-refractivity contribution in [3.63, 3.8) is 0 Å². The van der Waals surface area contributed by atoms with Gasteiger partial charge < -0.3 is 15.0 Å². The van der Waals surface area contributed by atoms with E-state index in [1.54, 1.807) is 20.1 Å². The van der Waals surface area contributed by atoms with Crippen molar-refractivity contribution in [2.75, 3.05) is 13.7 Å². The van der Waals surface area contributed by atoms with Crippen molar-refractivity contribution in [3.8, 4) is 5.75 Å². The highest BCUT2D eigenvalue weighted by molar-refractivity contribution is 8.26. The highest BCUT2D eigenvalue weighted by Gasteiger charge is 2.38. The van der Waals surface area contributed by atoms with Crippen molar-refractivity contribution >= 4 is 57.1 Å². The minimum Gasteiger partial charge on any atom is -0.496 e. The van der Waals surface area contributed by atoms with E-state index < -0.39 is 6.04 Å². The summed E-state index contributed by atoms with van der Waals surface area (Å²) in [6.45, 7) is 2.16. The number of fused-ring (bicyclic) bond motifs is 1. The molecule has 1 saturated heterocycles. The third-order valence-corrected chi connectivity index (χ3v) is 6.71. The number of H-pyrrole nitrogens is 1. The largest absolute Gasteiger partial charge is 0.496 e. The van der Waals surface area contributed by atoms with Crippen LogP contribution in [0.2, 0.25) is 0 Å². The Morgan fingerprint density at radius 3 is 2.81 bits per heavy atom. The average Bonchev–Trinajstić information content (AvgIpc) is 3.33. The number of amides is 2. The third-order valence-electron chi connectivity index (χ3n) is 5.38. The van der Waals surface area contributed by atoms with E-state index in [1.807, 2.05) is 48.7 Å². The topological polar surface area (TPSA) is 74.4 Å². The van der Waals surface area contributed by atoms with Crippen LogP contribution < -0.4 is 10.1 Å². The first kappa shape index (κ1) is 22.1. The van der Waals surface area contributed by atoms with Crippen molar-refractivity contribution in [2.45, 2.75) is 19.4 Å². The van der Waals surface area contributed by atoms with Crippen LogP contribution in [-0.2, 0) is 16.0 Å². The van der Waals surface area contributed by atoms with Crippen LogP contribution in [0.15, 0.2) is 59.6 Å². The lowest BCUT2D eigenvalue weighted by atomic mass is 10.1. The molecule has 1 fully saturated rings. The van der Waals surface area contributed by atoms with Crippen molar-refractivity contribution < 1.29 is 14.3 Å². The predicted octanol–water partition coefficient (Wildman–Crippen LogP) is 4.13. The second-order valence-corrected chi connectivity index (χ2v) is 9.05. The number of hydrogen-bond acceptors (Lipinski definition) is 5. The van der Waals surface area contributed by atoms with Gasteiger partial charge in [-0.15, -0.1) is 0 Å². The van der Waals surface area contributed by atoms with Crippen LogP contribution in [0.25, 0.3) is 17.0 Å². The molecular formula is C24H23N3O3S2. The van der Waals surface area contributed by atoms with Gasteiger partial charge in [-0.1, -0.05) is 60.4 Å². The number of benzene rings is 2. The average molecular weight is 466 g/mol. The molecule has 3 aromatic rings. The first-order valence-electron chi connectivity index (χ1n) is 10.2. The molecule has 8 heteroatoms. The van der Waals surface area contributed by atoms with E-state index in [-0.39, 0.29) is 11.8 Å². The maximum atomic E-state index is 13.0. The number of aromatic amines is 1. The summed E-state index contributed by atoms with van der Waals surface area (Å²) in [7, 11) is 1.58. The smallest absolute Gasteiger partial charge is 0.266 e. The Morgan fingerprint density at radius 1 is 1.25 bits per heavy atom. The molecule has 2 heterocycles. The van der Waals surface area contributed by atoms with Crippen molar-refractivity contribution in [1.29, 1.82) is 0 Å². The van der Waals surface area contributed by atoms with Crippen LogP contribution in [0.1, 0.15) is 18.1 Å². The van der Waals surface area contributed by atoms with Gasteiger partial charge in [-0.25, -0.2) is 0 Å². The van der Waals surface area contributed by atoms with Crippen LogP contribution >= 0.6 is 24.0 Å². The first-order valence-corrected chi connectivity index (χ1v) is 11.4. The molecule has 32 heavy (non-hydrogen) atoms. The third kappa shape index (κ3) is 4.42. The molecule has 2 aromatic carbocycles. The Balaban J connectivity index is 1.40. The van der Waals surface area contributed by atoms with Gasteiger partial charge in [-0.05, 0) is 37.1 Å². The van der Waals surface area contributed by atoms with E-state index in [9.17, 15) is 9.59 Å². The summed E-state index contributed by atoms with van der Waals surface area (Å²) in [5.41, 5.74) is 2.99. The summed E-state index contributed by atoms with van der Waals surface area (Å²) < 4.78 is 5.72. The molecule has 0 radical (unpaired) electrons. The second kappa shape index (κ2) is 9.58. The second-order valence-electron chi connectivity index (χ2n) is 7.37. The molecule has 0 saturated carbocycles. The number of methoxy groups -OCH3 is 1. The Hall–Kier alpha value is -3.10. The number of thiocarbonyl (C=S) groups is 1. The van der Waals surface area contributed by atoms with Gasteiger partial charge in [0.2, 0.25) is 5.91 Å². The quantitative estimate of drug-likeness (QED) is 0.406. The van der Waals surface area contributed by atoms with Crippen molar-refractivity contribution in [2.24, 2.45) is 0 Å². The highest BCUT2D eigenvalue weighted by Crippen LogP contribution is 2.35. The highest BCUT2D eigenvalue weighted by atomic mass is 32.2. The summed E-state index contributed by atoms with van der Waals surface area (Å²) in [6.07, 6.45) is 4.40. The summed E-state index contributed by atoms with van der Waals surface area (Å²) in [5, 5.41) is 4.08. The zero-order valence-corrected chi connectivity index (χ0v) is 19.4. The molecule has 1 aliphatic heterocycles. The SMILES string of the molecule is COc1ccccc1/C=C1\SC(=S)N([C@@H](C)C(=O)NCCc2c[nH]c3ccccc23)C1=O. The van der Waals surface area contributed by atoms with Crippen molar-refractivity contribution in [1.82, 2.24) is 15.2 Å². The number of thioether (sulfide) groups is 1. The van der Waals surface area contributed by atoms with Gasteiger partial charge in [0.05, 0.1) is 12.0 Å². The molecule has 0 bridgehead atoms. The Labute approximate surface area is 196 Å². The van der Waals surface area contributed by atoms with Gasteiger partial charge in [0.25, 0.3) is 5.91 Å². The van der Waals surface area contributed by atoms with Crippen LogP contribution in [0.5, 0.6) is 5.75 Å². The molecule has 2 N–H and O–H groups in total. The molecule has 1 aromatic heterocycles. The summed E-state index contributed by atoms with van der Waals surface area (Å²) in [6, 6.07) is 14.8. The van der Waals surface area contributed by atoms with E-state index in [0.717, 1.165) is 22.0 Å². The van der Waals surface area contributed by atoms with Gasteiger partial charge in [0.15, 0.2) is 0 Å². The molecule has 0 spiro atoms. The lowest BCUT2D eigenvalue weighted by molar-refractivity contribution is -0.132. The number of rotatable bonds is 7. The Morgan fingerprint density at radius 2 is 2.00 bits per heavy atom. The van der Waals surface area contributed by atoms with E-state index in [0.29, 0.717) is 27.9 Å². The van der Waals surface area contributed by atoms with Crippen LogP contribution in [0, 0.1) is 0 Å². The normalized spacial score (nSPS) is 16.1. The minimum absolute atomic E-state index is 0.236. The molecule has 0 aliphatic carbocycles. The molecule has 164 valence electrons. The molecule has 6 nitrogen and oxygen atoms in total. The van der Waals surface area contributed by atoms with Crippen LogP contribution in [0.3, 0.4) is 0 Å². The minimum atomic E-state index is -0.700. The monoisotopic (exact) mass is 465 g/mol. The number of ether oxygens (including phenoxy) is 1. The zero-order chi connectivity index (χ0) is 22.7. The Bertz CT molecular complexity index is 1220. The zero-order valence-electron chi connectivity index (χ0n) is 17.8. The van der Waals surface area contributed by atoms with Crippen LogP contribution in [-0.4, -0.2) is 45.7 Å². The molecule has 1 aliphatic rings. The van der Waals surface area contributed by atoms with E-state index in [4.69, 9.17) is 17.0 Å². The molecule has 2 amide bonds. The molecule has 4 rings (SSSR count). The maximum absolute atomic E-state index is 13.0. The number of para-hydroxylation sites is 2. The van der Waals surface area contributed by atoms with Gasteiger partial charge >= 0.3 is 0 Å². The van der Waals surface area contributed by atoms with Crippen molar-refractivity contribution in [3.05, 3.63) is 70.8 Å². The summed E-state index contributed by atoms with van der Waals surface area (Å²) in [4.78, 5) is 30.8. The lowest BCUT2D eigenvalue weighted by Gasteiger charge is -2.22. The number of hydrogen-bond donors (Lipinski definition) is 2. The van der Waals surface area contributed by atoms with E-state index in [1.165, 1.54) is 16.7 Å². The van der Waals surface area contributed by atoms with Gasteiger partial charge in [-0.2, -0.15) is 0 Å². The lowest BCUT2D eigenvalue weighted by Crippen LogP contribution is -2.47. The fourth-order valence-electron chi connectivity index (χ4n) is 3.66. The predicted molar refractivity (Wildman–Crippen MR) is 132 cm³/mol. The van der Waals surface area contributed by atoms with Crippen LogP contribution in [0.4, 0.5) is 0 Å². The fourth-order valence-corrected chi connectivity index (χ4v) is 5.07. The number of carbonyl (C=O) groups excluding carboxylic acids is 2. The Kier molecular flexibility index (Phi) is 6.62. The number of carbonyl (C=O) groups is 2. The summed E-state index contributed by atoms with van der Waals surface area (Å²) in [5.74, 6) is 0.158. The maximum Gasteiger partial charge on any atom is 0.266 e. The molecular weight excluding hydrogens is 442 g/mol. The number of nitrogens with one attached hydrogen (secondary N) is 2. The molecule has 1 atom stereocenters. The van der Waals surface area contributed by atoms with E-state index >= 15 is 0 Å². The van der Waals surface area contributed by atoms with Gasteiger partial charge in [0.1, 0.15) is 16.1 Å². The number of aromatic nitrogens is 1. The first-order chi connectivity index (χ1) is 15.5. The molecule has 0 unspecified atom stereocenters. The van der Waals surface area contributed by atoms with Gasteiger partial charge in [0, 0.05) is 29.2 Å². The standard InChI is InChI=1S/C24H23N3O3S2/c1-15(22(28)25-12-11-17-14-26-19-9-5-4-8-18(17)19)27-23(29)21(32-24(27)31)13-16-7-3-6-10-20(16)30-2/h3-10,13-15,26H,11-12H2,1-2H3,(H,25,28)/b21-13-/t15-/m0/s1.